The van der Waals surface area contributed by atoms with Crippen molar-refractivity contribution in [1.29, 1.82) is 0 Å². The molecule has 0 aliphatic heterocycles. The highest BCUT2D eigenvalue weighted by atomic mass is 35.5. The number of nitrogens with one attached hydrogen (secondary N) is 2. The number of para-hydroxylation sites is 2. The van der Waals surface area contributed by atoms with Crippen LogP contribution in [0.25, 0.3) is 27.9 Å². The van der Waals surface area contributed by atoms with E-state index in [0.29, 0.717) is 23.1 Å². The molecule has 9 heteroatoms. The molecule has 5 rings (SSSR count). The van der Waals surface area contributed by atoms with Crippen molar-refractivity contribution in [3.05, 3.63) is 76.8 Å². The van der Waals surface area contributed by atoms with Gasteiger partial charge in [0.1, 0.15) is 5.75 Å². The smallest absolute Gasteiger partial charge is 0.332 e. The highest BCUT2D eigenvalue weighted by Crippen LogP contribution is 2.23. The lowest BCUT2D eigenvalue weighted by molar-refractivity contribution is 0.449. The maximum absolute atomic E-state index is 12.4. The maximum atomic E-state index is 12.4. The summed E-state index contributed by atoms with van der Waals surface area (Å²) in [5.41, 5.74) is 4.56. The Bertz CT molecular complexity index is 1310. The minimum absolute atomic E-state index is 0. The average molecular weight is 430 g/mol. The number of halogens is 2. The van der Waals surface area contributed by atoms with Crippen molar-refractivity contribution in [3.63, 3.8) is 0 Å². The number of aromatic amines is 2. The summed E-state index contributed by atoms with van der Waals surface area (Å²) in [7, 11) is 0. The molecule has 0 radical (unpaired) electrons. The van der Waals surface area contributed by atoms with E-state index in [1.54, 1.807) is 22.9 Å². The number of fused-ring (bicyclic) bond motifs is 2. The van der Waals surface area contributed by atoms with E-state index < -0.39 is 0 Å². The molecule has 0 aliphatic carbocycles. The molecular weight excluding hydrogens is 413 g/mol. The Morgan fingerprint density at radius 1 is 0.966 bits per heavy atom. The van der Waals surface area contributed by atoms with Crippen molar-refractivity contribution < 1.29 is 4.74 Å². The van der Waals surface area contributed by atoms with Crippen molar-refractivity contribution in [2.24, 2.45) is 0 Å². The van der Waals surface area contributed by atoms with Gasteiger partial charge >= 0.3 is 5.69 Å². The van der Waals surface area contributed by atoms with E-state index in [2.05, 4.69) is 19.9 Å². The van der Waals surface area contributed by atoms with Crippen LogP contribution in [0.2, 0.25) is 0 Å². The quantitative estimate of drug-likeness (QED) is 0.440. The Hall–Kier alpha value is -3.29. The van der Waals surface area contributed by atoms with Gasteiger partial charge in [-0.1, -0.05) is 12.1 Å². The molecule has 0 atom stereocenters. The number of imidazole rings is 2. The third-order valence-electron chi connectivity index (χ3n) is 4.46. The van der Waals surface area contributed by atoms with E-state index in [-0.39, 0.29) is 30.5 Å². The fraction of sp³-hybridized carbons (Fsp3) is 0.0500. The molecule has 0 bridgehead atoms. The van der Waals surface area contributed by atoms with Gasteiger partial charge in [-0.05, 0) is 55.0 Å². The van der Waals surface area contributed by atoms with E-state index in [9.17, 15) is 4.79 Å². The summed E-state index contributed by atoms with van der Waals surface area (Å²) in [6, 6.07) is 17.2. The number of hydrogen-bond acceptors (Lipinski definition) is 4. The lowest BCUT2D eigenvalue weighted by atomic mass is 10.2. The first-order valence-corrected chi connectivity index (χ1v) is 8.48. The minimum Gasteiger partial charge on any atom is -0.426 e. The summed E-state index contributed by atoms with van der Waals surface area (Å²) in [6.07, 6.45) is 1.69. The summed E-state index contributed by atoms with van der Waals surface area (Å²) in [5.74, 6) is 0.620. The number of ether oxygens (including phenoxy) is 1. The second kappa shape index (κ2) is 7.98. The predicted molar refractivity (Wildman–Crippen MR) is 117 cm³/mol. The van der Waals surface area contributed by atoms with Crippen LogP contribution in [0.4, 0.5) is 0 Å². The first-order chi connectivity index (χ1) is 13.2. The van der Waals surface area contributed by atoms with Gasteiger partial charge in [0, 0.05) is 6.20 Å². The number of aromatic nitrogens is 5. The molecule has 29 heavy (non-hydrogen) atoms. The molecule has 0 amide bonds. The van der Waals surface area contributed by atoms with Gasteiger partial charge in [-0.2, -0.15) is 4.98 Å². The molecule has 0 spiro atoms. The highest BCUT2D eigenvalue weighted by Gasteiger charge is 2.12. The van der Waals surface area contributed by atoms with Crippen LogP contribution in [0.15, 0.2) is 65.6 Å². The van der Waals surface area contributed by atoms with Crippen LogP contribution in [0.5, 0.6) is 11.8 Å². The van der Waals surface area contributed by atoms with Crippen LogP contribution in [0.3, 0.4) is 0 Å². The number of hydrogen-bond donors (Lipinski definition) is 2. The number of aryl methyl sites for hydroxylation is 1. The third-order valence-corrected chi connectivity index (χ3v) is 4.46. The average Bonchev–Trinajstić information content (AvgIpc) is 3.23. The number of H-pyrrole nitrogens is 2. The van der Waals surface area contributed by atoms with Crippen LogP contribution in [-0.2, 0) is 0 Å². The van der Waals surface area contributed by atoms with Gasteiger partial charge < -0.3 is 14.7 Å². The van der Waals surface area contributed by atoms with Crippen LogP contribution < -0.4 is 10.4 Å². The monoisotopic (exact) mass is 429 g/mol. The third kappa shape index (κ3) is 3.57. The summed E-state index contributed by atoms with van der Waals surface area (Å²) in [4.78, 5) is 27.1. The van der Waals surface area contributed by atoms with Gasteiger partial charge in [0.2, 0.25) is 0 Å². The number of pyridine rings is 1. The molecule has 0 fully saturated rings. The molecule has 2 aromatic carbocycles. The van der Waals surface area contributed by atoms with Gasteiger partial charge in [-0.25, -0.2) is 14.3 Å². The van der Waals surface area contributed by atoms with Gasteiger partial charge in [-0.15, -0.1) is 24.8 Å². The Morgan fingerprint density at radius 2 is 1.72 bits per heavy atom. The lowest BCUT2D eigenvalue weighted by Crippen LogP contribution is -2.14. The highest BCUT2D eigenvalue weighted by molar-refractivity contribution is 5.85. The largest absolute Gasteiger partial charge is 0.426 e. The van der Waals surface area contributed by atoms with E-state index in [0.717, 1.165) is 22.1 Å². The van der Waals surface area contributed by atoms with Crippen molar-refractivity contribution in [2.75, 3.05) is 0 Å². The minimum atomic E-state index is -0.224. The van der Waals surface area contributed by atoms with Crippen molar-refractivity contribution in [3.8, 4) is 17.4 Å². The number of rotatable bonds is 3. The van der Waals surface area contributed by atoms with Crippen LogP contribution >= 0.6 is 24.8 Å². The molecule has 2 N–H and O–H groups in total. The zero-order chi connectivity index (χ0) is 18.4. The Kier molecular flexibility index (Phi) is 5.63. The molecule has 3 heterocycles. The zero-order valence-electron chi connectivity index (χ0n) is 15.2. The zero-order valence-corrected chi connectivity index (χ0v) is 16.9. The van der Waals surface area contributed by atoms with E-state index in [1.165, 1.54) is 0 Å². The summed E-state index contributed by atoms with van der Waals surface area (Å²) < 4.78 is 7.34. The Labute approximate surface area is 177 Å². The van der Waals surface area contributed by atoms with Gasteiger partial charge in [0.05, 0.1) is 22.2 Å². The van der Waals surface area contributed by atoms with Crippen molar-refractivity contribution >= 4 is 47.0 Å². The van der Waals surface area contributed by atoms with Crippen LogP contribution in [-0.4, -0.2) is 24.5 Å². The maximum Gasteiger partial charge on any atom is 0.332 e. The molecular formula is C20H17Cl2N5O2. The van der Waals surface area contributed by atoms with E-state index >= 15 is 0 Å². The Balaban J connectivity index is 0.00000120. The summed E-state index contributed by atoms with van der Waals surface area (Å²) in [5, 5.41) is 0. The van der Waals surface area contributed by atoms with Gasteiger partial charge in [-0.3, -0.25) is 0 Å². The van der Waals surface area contributed by atoms with Crippen molar-refractivity contribution in [2.45, 2.75) is 6.92 Å². The second-order valence-electron chi connectivity index (χ2n) is 6.25. The fourth-order valence-corrected chi connectivity index (χ4v) is 3.12. The predicted octanol–water partition coefficient (Wildman–Crippen LogP) is 4.53. The van der Waals surface area contributed by atoms with E-state index in [4.69, 9.17) is 4.74 Å². The van der Waals surface area contributed by atoms with Crippen molar-refractivity contribution in [1.82, 2.24) is 24.5 Å². The fourth-order valence-electron chi connectivity index (χ4n) is 3.12. The van der Waals surface area contributed by atoms with E-state index in [1.807, 2.05) is 49.4 Å². The van der Waals surface area contributed by atoms with Crippen LogP contribution in [0.1, 0.15) is 5.56 Å². The first-order valence-electron chi connectivity index (χ1n) is 8.48. The summed E-state index contributed by atoms with van der Waals surface area (Å²) >= 11 is 0. The molecule has 0 aliphatic rings. The standard InChI is InChI=1S/C20H15N5O2.2ClH/c1-12-10-11-21-18-17(12)24-20(26)25(18)13-6-8-14(9-7-13)27-19-22-15-4-2-3-5-16(15)23-19;;/h2-11H,1H3,(H,22,23)(H,24,26);2*1H. The topological polar surface area (TPSA) is 88.6 Å². The van der Waals surface area contributed by atoms with Gasteiger partial charge in [0.15, 0.2) is 5.65 Å². The molecule has 7 nitrogen and oxygen atoms in total. The molecule has 0 saturated heterocycles. The SMILES string of the molecule is Cc1ccnc2c1[nH]c(=O)n2-c1ccc(Oc2nc3ccccc3[nH]2)cc1.Cl.Cl. The first kappa shape index (κ1) is 20.4. The second-order valence-corrected chi connectivity index (χ2v) is 6.25. The molecule has 148 valence electrons. The number of nitrogens with zero attached hydrogens (tertiary/aromatic N) is 3. The molecule has 0 saturated carbocycles. The molecule has 3 aromatic heterocycles. The Morgan fingerprint density at radius 3 is 2.48 bits per heavy atom. The van der Waals surface area contributed by atoms with Crippen LogP contribution in [0, 0.1) is 6.92 Å². The summed E-state index contributed by atoms with van der Waals surface area (Å²) in [6.45, 7) is 1.94. The van der Waals surface area contributed by atoms with Gasteiger partial charge in [0.25, 0.3) is 6.01 Å². The number of benzene rings is 2. The molecule has 5 aromatic rings. The lowest BCUT2D eigenvalue weighted by Gasteiger charge is -2.05. The normalized spacial score (nSPS) is 10.5. The molecule has 0 unspecified atom stereocenters.